The van der Waals surface area contributed by atoms with Crippen LogP contribution in [0.1, 0.15) is 31.9 Å². The van der Waals surface area contributed by atoms with Crippen LogP contribution in [0.25, 0.3) is 0 Å². The first-order valence-corrected chi connectivity index (χ1v) is 8.34. The highest BCUT2D eigenvalue weighted by Crippen LogP contribution is 2.29. The molecule has 0 fully saturated rings. The largest absolute Gasteiger partial charge is 0.493 e. The number of amides is 3. The molecule has 0 aliphatic carbocycles. The van der Waals surface area contributed by atoms with Gasteiger partial charge in [-0.05, 0) is 45.4 Å². The maximum Gasteiger partial charge on any atom is 0.321 e. The van der Waals surface area contributed by atoms with Gasteiger partial charge in [-0.25, -0.2) is 4.79 Å². The summed E-state index contributed by atoms with van der Waals surface area (Å²) < 4.78 is 10.6. The number of hydrogen-bond donors (Lipinski definition) is 3. The van der Waals surface area contributed by atoms with Crippen molar-refractivity contribution in [2.45, 2.75) is 46.3 Å². The Labute approximate surface area is 149 Å². The summed E-state index contributed by atoms with van der Waals surface area (Å²) in [6, 6.07) is 2.96. The lowest BCUT2D eigenvalue weighted by Crippen LogP contribution is -3.12. The maximum absolute atomic E-state index is 12.2. The smallest absolute Gasteiger partial charge is 0.321 e. The standard InChI is InChI=1S/C18H29N3O4/c1-11(2)19-18(23)20-17(22)13(4)21(5)10-14-9-16(25-7)15(24-6)8-12(14)3/h8-9,11,13H,10H2,1-7H3,(H2,19,20,22,23)/p+1/t13-/m0/s1. The Bertz CT molecular complexity index is 617. The Morgan fingerprint density at radius 3 is 2.20 bits per heavy atom. The molecule has 140 valence electrons. The Morgan fingerprint density at radius 2 is 1.68 bits per heavy atom. The van der Waals surface area contributed by atoms with E-state index >= 15 is 0 Å². The molecule has 0 aliphatic rings. The van der Waals surface area contributed by atoms with Crippen molar-refractivity contribution in [1.82, 2.24) is 10.6 Å². The van der Waals surface area contributed by atoms with E-state index in [0.29, 0.717) is 18.0 Å². The molecule has 3 N–H and O–H groups in total. The molecule has 0 heterocycles. The molecule has 0 aliphatic heterocycles. The molecular weight excluding hydrogens is 322 g/mol. The van der Waals surface area contributed by atoms with Crippen LogP contribution in [-0.2, 0) is 11.3 Å². The van der Waals surface area contributed by atoms with Crippen LogP contribution < -0.4 is 25.0 Å². The zero-order valence-corrected chi connectivity index (χ0v) is 16.1. The van der Waals surface area contributed by atoms with Gasteiger partial charge < -0.3 is 19.7 Å². The minimum absolute atomic E-state index is 0.0254. The molecular formula is C18H30N3O4+. The van der Waals surface area contributed by atoms with Gasteiger partial charge in [-0.3, -0.25) is 10.1 Å². The summed E-state index contributed by atoms with van der Waals surface area (Å²) >= 11 is 0. The van der Waals surface area contributed by atoms with Gasteiger partial charge in [-0.2, -0.15) is 0 Å². The van der Waals surface area contributed by atoms with E-state index in [2.05, 4.69) is 10.6 Å². The molecule has 0 saturated carbocycles. The number of carbonyl (C=O) groups is 2. The molecule has 25 heavy (non-hydrogen) atoms. The Morgan fingerprint density at radius 1 is 1.12 bits per heavy atom. The maximum atomic E-state index is 12.2. The normalized spacial score (nSPS) is 13.1. The Balaban J connectivity index is 2.79. The van der Waals surface area contributed by atoms with E-state index < -0.39 is 6.03 Å². The first-order chi connectivity index (χ1) is 11.7. The topological polar surface area (TPSA) is 81.1 Å². The van der Waals surface area contributed by atoms with Crippen LogP contribution in [0, 0.1) is 6.92 Å². The molecule has 0 radical (unpaired) electrons. The van der Waals surface area contributed by atoms with Crippen molar-refractivity contribution in [3.05, 3.63) is 23.3 Å². The van der Waals surface area contributed by atoms with Crippen LogP contribution in [0.15, 0.2) is 12.1 Å². The van der Waals surface area contributed by atoms with Gasteiger partial charge >= 0.3 is 6.03 Å². The van der Waals surface area contributed by atoms with Crippen molar-refractivity contribution in [3.63, 3.8) is 0 Å². The number of methoxy groups -OCH3 is 2. The highest BCUT2D eigenvalue weighted by atomic mass is 16.5. The number of imide groups is 1. The van der Waals surface area contributed by atoms with Crippen molar-refractivity contribution in [3.8, 4) is 11.5 Å². The molecule has 0 saturated heterocycles. The number of carbonyl (C=O) groups excluding carboxylic acids is 2. The average Bonchev–Trinajstić information content (AvgIpc) is 2.54. The molecule has 3 amide bonds. The molecule has 1 aromatic rings. The minimum Gasteiger partial charge on any atom is -0.493 e. The first-order valence-electron chi connectivity index (χ1n) is 8.34. The fraction of sp³-hybridized carbons (Fsp3) is 0.556. The summed E-state index contributed by atoms with van der Waals surface area (Å²) in [7, 11) is 5.11. The summed E-state index contributed by atoms with van der Waals surface area (Å²) in [4.78, 5) is 24.9. The number of hydrogen-bond acceptors (Lipinski definition) is 4. The van der Waals surface area contributed by atoms with E-state index in [1.807, 2.05) is 40.0 Å². The van der Waals surface area contributed by atoms with E-state index in [4.69, 9.17) is 9.47 Å². The third-order valence-corrected chi connectivity index (χ3v) is 4.10. The molecule has 1 rings (SSSR count). The van der Waals surface area contributed by atoms with Crippen molar-refractivity contribution in [2.24, 2.45) is 0 Å². The van der Waals surface area contributed by atoms with Gasteiger partial charge in [0, 0.05) is 11.6 Å². The van der Waals surface area contributed by atoms with Crippen LogP contribution in [0.5, 0.6) is 11.5 Å². The van der Waals surface area contributed by atoms with Gasteiger partial charge in [0.15, 0.2) is 17.5 Å². The quantitative estimate of drug-likeness (QED) is 0.673. The molecule has 0 bridgehead atoms. The monoisotopic (exact) mass is 352 g/mol. The lowest BCUT2D eigenvalue weighted by molar-refractivity contribution is -0.908. The lowest BCUT2D eigenvalue weighted by atomic mass is 10.1. The van der Waals surface area contributed by atoms with Gasteiger partial charge in [0.1, 0.15) is 6.54 Å². The summed E-state index contributed by atoms with van der Waals surface area (Å²) in [5.41, 5.74) is 2.11. The van der Waals surface area contributed by atoms with Crippen molar-refractivity contribution in [2.75, 3.05) is 21.3 Å². The van der Waals surface area contributed by atoms with Crippen LogP contribution in [0.2, 0.25) is 0 Å². The number of nitrogens with one attached hydrogen (secondary N) is 3. The van der Waals surface area contributed by atoms with Crippen molar-refractivity contribution >= 4 is 11.9 Å². The van der Waals surface area contributed by atoms with E-state index in [9.17, 15) is 9.59 Å². The van der Waals surface area contributed by atoms with Crippen LogP contribution >= 0.6 is 0 Å². The van der Waals surface area contributed by atoms with Crippen molar-refractivity contribution < 1.29 is 24.0 Å². The van der Waals surface area contributed by atoms with Crippen LogP contribution in [0.4, 0.5) is 4.79 Å². The molecule has 7 heteroatoms. The van der Waals surface area contributed by atoms with E-state index in [1.165, 1.54) is 0 Å². The molecule has 0 aromatic heterocycles. The number of urea groups is 1. The van der Waals surface area contributed by atoms with Gasteiger partial charge in [0.05, 0.1) is 21.3 Å². The fourth-order valence-electron chi connectivity index (χ4n) is 2.41. The highest BCUT2D eigenvalue weighted by molar-refractivity contribution is 5.96. The minimum atomic E-state index is -0.470. The summed E-state index contributed by atoms with van der Waals surface area (Å²) in [5.74, 6) is 1.02. The summed E-state index contributed by atoms with van der Waals surface area (Å²) in [5, 5.41) is 5.02. The van der Waals surface area contributed by atoms with E-state index in [-0.39, 0.29) is 18.0 Å². The van der Waals surface area contributed by atoms with Gasteiger partial charge in [0.25, 0.3) is 5.91 Å². The zero-order valence-electron chi connectivity index (χ0n) is 16.1. The van der Waals surface area contributed by atoms with Gasteiger partial charge in [0.2, 0.25) is 0 Å². The second-order valence-electron chi connectivity index (χ2n) is 6.50. The molecule has 7 nitrogen and oxygen atoms in total. The second-order valence-corrected chi connectivity index (χ2v) is 6.50. The first kappa shape index (κ1) is 20.8. The third kappa shape index (κ3) is 5.94. The summed E-state index contributed by atoms with van der Waals surface area (Å²) in [6.45, 7) is 8.08. The molecule has 0 spiro atoms. The highest BCUT2D eigenvalue weighted by Gasteiger charge is 2.24. The second kappa shape index (κ2) is 9.27. The van der Waals surface area contributed by atoms with E-state index in [0.717, 1.165) is 16.0 Å². The van der Waals surface area contributed by atoms with Crippen LogP contribution in [0.3, 0.4) is 0 Å². The average molecular weight is 352 g/mol. The number of quaternary nitrogens is 1. The van der Waals surface area contributed by atoms with Crippen LogP contribution in [-0.4, -0.2) is 45.3 Å². The van der Waals surface area contributed by atoms with E-state index in [1.54, 1.807) is 21.1 Å². The zero-order chi connectivity index (χ0) is 19.1. The number of aryl methyl sites for hydroxylation is 1. The Kier molecular flexibility index (Phi) is 7.70. The number of likely N-dealkylation sites (N-methyl/N-ethyl adjacent to an activating group) is 1. The lowest BCUT2D eigenvalue weighted by Gasteiger charge is -2.22. The fourth-order valence-corrected chi connectivity index (χ4v) is 2.41. The predicted octanol–water partition coefficient (Wildman–Crippen LogP) is 0.650. The van der Waals surface area contributed by atoms with Gasteiger partial charge in [-0.1, -0.05) is 0 Å². The third-order valence-electron chi connectivity index (χ3n) is 4.10. The SMILES string of the molecule is COc1cc(C)c(C[NH+](C)[C@@H](C)C(=O)NC(=O)NC(C)C)cc1OC. The molecule has 1 aromatic carbocycles. The molecule has 1 unspecified atom stereocenters. The number of ether oxygens (including phenoxy) is 2. The Hall–Kier alpha value is -2.28. The summed E-state index contributed by atoms with van der Waals surface area (Å²) in [6.07, 6.45) is 0. The molecule has 2 atom stereocenters. The number of rotatable bonds is 7. The predicted molar refractivity (Wildman–Crippen MR) is 96.1 cm³/mol. The van der Waals surface area contributed by atoms with Gasteiger partial charge in [-0.15, -0.1) is 0 Å². The van der Waals surface area contributed by atoms with Crippen molar-refractivity contribution in [1.29, 1.82) is 0 Å². The number of benzene rings is 1.